The molecular formula is C12H20ClN3OS. The Hall–Kier alpha value is -0.680. The molecule has 1 unspecified atom stereocenters. The molecule has 0 radical (unpaired) electrons. The number of nitrogens with one attached hydrogen (secondary N) is 1. The fraction of sp³-hybridized carbons (Fsp3) is 0.750. The summed E-state index contributed by atoms with van der Waals surface area (Å²) in [6.07, 6.45) is 2.62. The molecular weight excluding hydrogens is 270 g/mol. The van der Waals surface area contributed by atoms with Crippen molar-refractivity contribution in [3.63, 3.8) is 0 Å². The standard InChI is InChI=1S/C12H20ClN3OS/c1-4-5-10-11(18-16-15-10)12(17)14-9(7-13)6-8(2)3/h8-9H,4-7H2,1-3H3,(H,14,17). The van der Waals surface area contributed by atoms with Crippen LogP contribution in [0.4, 0.5) is 0 Å². The Morgan fingerprint density at radius 2 is 2.22 bits per heavy atom. The van der Waals surface area contributed by atoms with E-state index in [0.29, 0.717) is 16.7 Å². The van der Waals surface area contributed by atoms with Crippen molar-refractivity contribution in [1.29, 1.82) is 0 Å². The third-order valence-electron chi connectivity index (χ3n) is 2.53. The molecule has 0 spiro atoms. The minimum atomic E-state index is -0.0975. The fourth-order valence-electron chi connectivity index (χ4n) is 1.76. The second-order valence-corrected chi connectivity index (χ2v) is 5.82. The molecule has 0 aliphatic carbocycles. The maximum atomic E-state index is 12.1. The molecule has 0 saturated heterocycles. The van der Waals surface area contributed by atoms with E-state index in [1.165, 1.54) is 0 Å². The minimum absolute atomic E-state index is 0.00995. The van der Waals surface area contributed by atoms with Gasteiger partial charge in [0.15, 0.2) is 0 Å². The third kappa shape index (κ3) is 4.53. The Morgan fingerprint density at radius 3 is 2.78 bits per heavy atom. The smallest absolute Gasteiger partial charge is 0.265 e. The van der Waals surface area contributed by atoms with Crippen LogP contribution in [0.3, 0.4) is 0 Å². The van der Waals surface area contributed by atoms with Crippen molar-refractivity contribution in [2.45, 2.75) is 46.1 Å². The van der Waals surface area contributed by atoms with E-state index in [-0.39, 0.29) is 11.9 Å². The summed E-state index contributed by atoms with van der Waals surface area (Å²) in [7, 11) is 0. The third-order valence-corrected chi connectivity index (χ3v) is 3.67. The number of amides is 1. The lowest BCUT2D eigenvalue weighted by molar-refractivity contribution is 0.0939. The first-order chi connectivity index (χ1) is 8.58. The summed E-state index contributed by atoms with van der Waals surface area (Å²) in [6.45, 7) is 6.28. The van der Waals surface area contributed by atoms with E-state index in [9.17, 15) is 4.79 Å². The molecule has 1 rings (SSSR count). The molecule has 0 aliphatic heterocycles. The molecule has 6 heteroatoms. The monoisotopic (exact) mass is 289 g/mol. The highest BCUT2D eigenvalue weighted by Gasteiger charge is 2.19. The number of carbonyl (C=O) groups excluding carboxylic acids is 1. The number of nitrogens with zero attached hydrogens (tertiary/aromatic N) is 2. The molecule has 1 atom stereocenters. The summed E-state index contributed by atoms with van der Waals surface area (Å²) in [5.41, 5.74) is 0.790. The van der Waals surface area contributed by atoms with Crippen molar-refractivity contribution in [1.82, 2.24) is 14.9 Å². The lowest BCUT2D eigenvalue weighted by Gasteiger charge is -2.17. The SMILES string of the molecule is CCCc1nnsc1C(=O)NC(CCl)CC(C)C. The topological polar surface area (TPSA) is 54.9 Å². The van der Waals surface area contributed by atoms with Crippen LogP contribution in [0.15, 0.2) is 0 Å². The van der Waals surface area contributed by atoms with Crippen LogP contribution in [0, 0.1) is 5.92 Å². The van der Waals surface area contributed by atoms with E-state index in [2.05, 4.69) is 35.7 Å². The Labute approximate surface area is 117 Å². The number of halogens is 1. The van der Waals surface area contributed by atoms with Gasteiger partial charge in [0.05, 0.1) is 5.69 Å². The van der Waals surface area contributed by atoms with Crippen molar-refractivity contribution in [2.24, 2.45) is 5.92 Å². The van der Waals surface area contributed by atoms with Crippen molar-refractivity contribution in [2.75, 3.05) is 5.88 Å². The second-order valence-electron chi connectivity index (χ2n) is 4.75. The zero-order valence-electron chi connectivity index (χ0n) is 11.1. The van der Waals surface area contributed by atoms with E-state index in [4.69, 9.17) is 11.6 Å². The van der Waals surface area contributed by atoms with Gasteiger partial charge < -0.3 is 5.32 Å². The molecule has 0 aromatic carbocycles. The Bertz CT molecular complexity index is 381. The van der Waals surface area contributed by atoms with Crippen LogP contribution in [0.25, 0.3) is 0 Å². The van der Waals surface area contributed by atoms with E-state index >= 15 is 0 Å². The molecule has 0 bridgehead atoms. The Morgan fingerprint density at radius 1 is 1.50 bits per heavy atom. The molecule has 0 saturated carbocycles. The lowest BCUT2D eigenvalue weighted by Crippen LogP contribution is -2.37. The maximum Gasteiger partial charge on any atom is 0.265 e. The molecule has 1 aromatic rings. The number of aryl methyl sites for hydroxylation is 1. The first-order valence-electron chi connectivity index (χ1n) is 6.26. The van der Waals surface area contributed by atoms with E-state index in [1.54, 1.807) is 0 Å². The van der Waals surface area contributed by atoms with Crippen LogP contribution in [0.5, 0.6) is 0 Å². The van der Waals surface area contributed by atoms with Crippen LogP contribution < -0.4 is 5.32 Å². The number of carbonyl (C=O) groups is 1. The summed E-state index contributed by atoms with van der Waals surface area (Å²) in [4.78, 5) is 12.7. The van der Waals surface area contributed by atoms with Crippen molar-refractivity contribution < 1.29 is 4.79 Å². The first kappa shape index (κ1) is 15.4. The van der Waals surface area contributed by atoms with E-state index < -0.39 is 0 Å². The Balaban J connectivity index is 2.65. The molecule has 102 valence electrons. The van der Waals surface area contributed by atoms with Gasteiger partial charge in [-0.1, -0.05) is 31.7 Å². The summed E-state index contributed by atoms with van der Waals surface area (Å²) in [6, 6.07) is 0.00995. The van der Waals surface area contributed by atoms with Crippen LogP contribution in [0.2, 0.25) is 0 Å². The van der Waals surface area contributed by atoms with Gasteiger partial charge >= 0.3 is 0 Å². The van der Waals surface area contributed by atoms with Gasteiger partial charge in [-0.15, -0.1) is 16.7 Å². The normalized spacial score (nSPS) is 12.7. The van der Waals surface area contributed by atoms with Gasteiger partial charge in [-0.25, -0.2) is 0 Å². The predicted molar refractivity (Wildman–Crippen MR) is 75.3 cm³/mol. The predicted octanol–water partition coefficient (Wildman–Crippen LogP) is 2.87. The quantitative estimate of drug-likeness (QED) is 0.785. The van der Waals surface area contributed by atoms with E-state index in [1.807, 2.05) is 0 Å². The average molecular weight is 290 g/mol. The van der Waals surface area contributed by atoms with Crippen LogP contribution >= 0.6 is 23.1 Å². The summed E-state index contributed by atoms with van der Waals surface area (Å²) < 4.78 is 3.85. The highest BCUT2D eigenvalue weighted by Crippen LogP contribution is 2.14. The van der Waals surface area contributed by atoms with Gasteiger partial charge in [-0.2, -0.15) is 0 Å². The van der Waals surface area contributed by atoms with E-state index in [0.717, 1.165) is 36.5 Å². The second kappa shape index (κ2) is 7.69. The van der Waals surface area contributed by atoms with Gasteiger partial charge in [0, 0.05) is 11.9 Å². The van der Waals surface area contributed by atoms with Gasteiger partial charge in [0.2, 0.25) is 0 Å². The first-order valence-corrected chi connectivity index (χ1v) is 7.57. The lowest BCUT2D eigenvalue weighted by atomic mass is 10.1. The van der Waals surface area contributed by atoms with Crippen LogP contribution in [-0.2, 0) is 6.42 Å². The van der Waals surface area contributed by atoms with Gasteiger partial charge in [0.1, 0.15) is 4.88 Å². The summed E-state index contributed by atoms with van der Waals surface area (Å²) in [5, 5.41) is 6.95. The molecule has 1 heterocycles. The fourth-order valence-corrected chi connectivity index (χ4v) is 2.58. The average Bonchev–Trinajstić information content (AvgIpc) is 2.76. The van der Waals surface area contributed by atoms with Gasteiger partial charge in [-0.3, -0.25) is 4.79 Å². The summed E-state index contributed by atoms with van der Waals surface area (Å²) >= 11 is 7.03. The zero-order valence-corrected chi connectivity index (χ0v) is 12.6. The number of hydrogen-bond acceptors (Lipinski definition) is 4. The summed E-state index contributed by atoms with van der Waals surface area (Å²) in [5.74, 6) is 0.836. The van der Waals surface area contributed by atoms with Crippen molar-refractivity contribution >= 4 is 29.0 Å². The number of hydrogen-bond donors (Lipinski definition) is 1. The highest BCUT2D eigenvalue weighted by molar-refractivity contribution is 7.08. The minimum Gasteiger partial charge on any atom is -0.347 e. The molecule has 0 fully saturated rings. The number of rotatable bonds is 7. The van der Waals surface area contributed by atoms with Crippen molar-refractivity contribution in [3.8, 4) is 0 Å². The van der Waals surface area contributed by atoms with Crippen molar-refractivity contribution in [3.05, 3.63) is 10.6 Å². The maximum absolute atomic E-state index is 12.1. The molecule has 0 aliphatic rings. The molecule has 1 aromatic heterocycles. The number of aromatic nitrogens is 2. The van der Waals surface area contributed by atoms with Crippen LogP contribution in [-0.4, -0.2) is 27.4 Å². The molecule has 1 amide bonds. The molecule has 18 heavy (non-hydrogen) atoms. The Kier molecular flexibility index (Phi) is 6.57. The highest BCUT2D eigenvalue weighted by atomic mass is 35.5. The molecule has 1 N–H and O–H groups in total. The molecule has 4 nitrogen and oxygen atoms in total. The zero-order chi connectivity index (χ0) is 13.5. The van der Waals surface area contributed by atoms with Crippen LogP contribution in [0.1, 0.15) is 49.0 Å². The van der Waals surface area contributed by atoms with Gasteiger partial charge in [-0.05, 0) is 30.3 Å². The van der Waals surface area contributed by atoms with Gasteiger partial charge in [0.25, 0.3) is 5.91 Å². The number of alkyl halides is 1. The largest absolute Gasteiger partial charge is 0.347 e.